The van der Waals surface area contributed by atoms with Gasteiger partial charge in [0.05, 0.1) is 17.2 Å². The average molecular weight is 378 g/mol. The Morgan fingerprint density at radius 2 is 2.00 bits per heavy atom. The van der Waals surface area contributed by atoms with Gasteiger partial charge in [-0.25, -0.2) is 0 Å². The summed E-state index contributed by atoms with van der Waals surface area (Å²) in [6, 6.07) is 14.2. The molecule has 1 aromatic carbocycles. The van der Waals surface area contributed by atoms with E-state index >= 15 is 0 Å². The van der Waals surface area contributed by atoms with Gasteiger partial charge in [-0.15, -0.1) is 16.9 Å². The van der Waals surface area contributed by atoms with Gasteiger partial charge < -0.3 is 14.9 Å². The lowest BCUT2D eigenvalue weighted by Crippen LogP contribution is -2.21. The normalized spacial score (nSPS) is 16.0. The molecule has 0 saturated carbocycles. The minimum atomic E-state index is -0.431. The molecular formula is C20H18N4O2S. The Balaban J connectivity index is 1.70. The van der Waals surface area contributed by atoms with Crippen LogP contribution in [-0.4, -0.2) is 10.2 Å². The molecule has 7 heteroatoms. The number of nitrogens with one attached hydrogen (secondary N) is 1. The van der Waals surface area contributed by atoms with Gasteiger partial charge in [0.15, 0.2) is 0 Å². The van der Waals surface area contributed by atoms with Crippen molar-refractivity contribution in [2.24, 2.45) is 5.73 Å². The fourth-order valence-corrected chi connectivity index (χ4v) is 3.96. The molecule has 3 heterocycles. The van der Waals surface area contributed by atoms with Gasteiger partial charge in [0, 0.05) is 10.6 Å². The third-order valence-electron chi connectivity index (χ3n) is 4.47. The molecule has 3 N–H and O–H groups in total. The van der Waals surface area contributed by atoms with Crippen LogP contribution in [-0.2, 0) is 5.75 Å². The van der Waals surface area contributed by atoms with Crippen LogP contribution in [0.25, 0.3) is 0 Å². The summed E-state index contributed by atoms with van der Waals surface area (Å²) in [5, 5.41) is 16.9. The van der Waals surface area contributed by atoms with E-state index in [1.54, 1.807) is 11.8 Å². The van der Waals surface area contributed by atoms with Crippen molar-refractivity contribution in [1.82, 2.24) is 10.2 Å². The summed E-state index contributed by atoms with van der Waals surface area (Å²) in [6.45, 7) is 3.93. The van der Waals surface area contributed by atoms with Crippen LogP contribution in [0.2, 0.25) is 0 Å². The van der Waals surface area contributed by atoms with Gasteiger partial charge in [-0.3, -0.25) is 5.10 Å². The number of fused-ring (bicyclic) bond motifs is 1. The molecule has 0 radical (unpaired) electrons. The molecule has 0 fully saturated rings. The third-order valence-corrected chi connectivity index (χ3v) is 5.51. The molecule has 0 bridgehead atoms. The van der Waals surface area contributed by atoms with E-state index in [1.807, 2.05) is 19.1 Å². The largest absolute Gasteiger partial charge is 0.465 e. The first-order valence-corrected chi connectivity index (χ1v) is 9.46. The average Bonchev–Trinajstić information content (AvgIpc) is 3.26. The van der Waals surface area contributed by atoms with Crippen molar-refractivity contribution in [3.05, 3.63) is 76.2 Å². The molecule has 2 aromatic heterocycles. The Hall–Kier alpha value is -3.11. The Bertz CT molecular complexity index is 1060. The van der Waals surface area contributed by atoms with Crippen molar-refractivity contribution in [3.8, 4) is 11.9 Å². The van der Waals surface area contributed by atoms with E-state index in [-0.39, 0.29) is 5.88 Å². The summed E-state index contributed by atoms with van der Waals surface area (Å²) in [5.74, 6) is 2.11. The zero-order valence-corrected chi connectivity index (χ0v) is 15.8. The third kappa shape index (κ3) is 3.20. The molecule has 0 saturated heterocycles. The van der Waals surface area contributed by atoms with Crippen LogP contribution in [0, 0.1) is 25.2 Å². The lowest BCUT2D eigenvalue weighted by molar-refractivity contribution is 0.369. The number of H-pyrrole nitrogens is 1. The predicted octanol–water partition coefficient (Wildman–Crippen LogP) is 4.13. The fourth-order valence-electron chi connectivity index (χ4n) is 3.10. The topological polar surface area (TPSA) is 101 Å². The number of nitrogens with two attached hydrogens (primary N) is 1. The van der Waals surface area contributed by atoms with E-state index in [2.05, 4.69) is 47.5 Å². The minimum Gasteiger partial charge on any atom is -0.465 e. The number of ether oxygens (including phenoxy) is 1. The van der Waals surface area contributed by atoms with Crippen molar-refractivity contribution in [2.45, 2.75) is 30.4 Å². The number of aromatic amines is 1. The molecule has 4 rings (SSSR count). The number of aryl methyl sites for hydroxylation is 2. The van der Waals surface area contributed by atoms with E-state index in [9.17, 15) is 5.26 Å². The summed E-state index contributed by atoms with van der Waals surface area (Å²) in [6.07, 6.45) is 0. The maximum Gasteiger partial charge on any atom is 0.244 e. The van der Waals surface area contributed by atoms with Crippen molar-refractivity contribution in [2.75, 3.05) is 0 Å². The monoisotopic (exact) mass is 378 g/mol. The highest BCUT2D eigenvalue weighted by Crippen LogP contribution is 2.44. The lowest BCUT2D eigenvalue weighted by Gasteiger charge is -2.22. The van der Waals surface area contributed by atoms with Crippen molar-refractivity contribution < 1.29 is 9.15 Å². The van der Waals surface area contributed by atoms with Crippen LogP contribution in [0.15, 0.2) is 57.2 Å². The van der Waals surface area contributed by atoms with Crippen LogP contribution in [0.1, 0.15) is 34.3 Å². The maximum absolute atomic E-state index is 9.64. The molecule has 27 heavy (non-hydrogen) atoms. The number of thioether (sulfide) groups is 1. The van der Waals surface area contributed by atoms with Gasteiger partial charge in [0.25, 0.3) is 0 Å². The van der Waals surface area contributed by atoms with E-state index in [0.29, 0.717) is 23.0 Å². The molecule has 6 nitrogen and oxygen atoms in total. The SMILES string of the molecule is Cc1ccc(SCc2[nH]nc3c2[C@@H](c2ccc(C)o2)C(C#N)=C(N)O3)cc1. The van der Waals surface area contributed by atoms with Gasteiger partial charge in [-0.2, -0.15) is 5.26 Å². The van der Waals surface area contributed by atoms with Gasteiger partial charge in [0.2, 0.25) is 11.8 Å². The summed E-state index contributed by atoms with van der Waals surface area (Å²) < 4.78 is 11.4. The first kappa shape index (κ1) is 17.3. The maximum atomic E-state index is 9.64. The van der Waals surface area contributed by atoms with Crippen LogP contribution >= 0.6 is 11.8 Å². The second-order valence-electron chi connectivity index (χ2n) is 6.40. The Labute approximate surface area is 161 Å². The Morgan fingerprint density at radius 3 is 2.67 bits per heavy atom. The van der Waals surface area contributed by atoms with Crippen molar-refractivity contribution in [3.63, 3.8) is 0 Å². The molecule has 136 valence electrons. The molecule has 1 atom stereocenters. The number of benzene rings is 1. The highest BCUT2D eigenvalue weighted by Gasteiger charge is 2.36. The van der Waals surface area contributed by atoms with Crippen molar-refractivity contribution in [1.29, 1.82) is 5.26 Å². The molecule has 3 aromatic rings. The molecule has 1 aliphatic rings. The predicted molar refractivity (Wildman–Crippen MR) is 102 cm³/mol. The van der Waals surface area contributed by atoms with E-state index in [1.165, 1.54) is 5.56 Å². The van der Waals surface area contributed by atoms with Crippen LogP contribution < -0.4 is 10.5 Å². The first-order chi connectivity index (χ1) is 13.1. The second-order valence-corrected chi connectivity index (χ2v) is 7.44. The number of hydrogen-bond acceptors (Lipinski definition) is 6. The zero-order chi connectivity index (χ0) is 19.0. The quantitative estimate of drug-likeness (QED) is 0.662. The lowest BCUT2D eigenvalue weighted by atomic mass is 9.88. The first-order valence-electron chi connectivity index (χ1n) is 8.47. The number of nitrogens with zero attached hydrogens (tertiary/aromatic N) is 2. The standard InChI is InChI=1S/C20H18N4O2S/c1-11-3-6-13(7-4-11)27-10-15-18-17(16-8-5-12(2)25-16)14(9-21)19(22)26-20(18)24-23-15/h3-8,17H,10,22H2,1-2H3,(H,23,24)/t17-/m1/s1. The molecule has 0 unspecified atom stereocenters. The summed E-state index contributed by atoms with van der Waals surface area (Å²) >= 11 is 1.68. The zero-order valence-electron chi connectivity index (χ0n) is 14.9. The van der Waals surface area contributed by atoms with Gasteiger partial charge in [-0.1, -0.05) is 17.7 Å². The Kier molecular flexibility index (Phi) is 4.42. The van der Waals surface area contributed by atoms with E-state index < -0.39 is 5.92 Å². The van der Waals surface area contributed by atoms with Crippen molar-refractivity contribution >= 4 is 11.8 Å². The van der Waals surface area contributed by atoms with Crippen LogP contribution in [0.4, 0.5) is 0 Å². The van der Waals surface area contributed by atoms with Crippen LogP contribution in [0.3, 0.4) is 0 Å². The highest BCUT2D eigenvalue weighted by molar-refractivity contribution is 7.98. The molecule has 0 amide bonds. The van der Waals surface area contributed by atoms with E-state index in [0.717, 1.165) is 21.9 Å². The highest BCUT2D eigenvalue weighted by atomic mass is 32.2. The molecule has 0 aliphatic carbocycles. The number of allylic oxidation sites excluding steroid dienone is 1. The van der Waals surface area contributed by atoms with Gasteiger partial charge in [-0.05, 0) is 38.1 Å². The number of furan rings is 1. The minimum absolute atomic E-state index is 0.0632. The number of rotatable bonds is 4. The molecular weight excluding hydrogens is 360 g/mol. The second kappa shape index (κ2) is 6.89. The summed E-state index contributed by atoms with van der Waals surface area (Å²) in [4.78, 5) is 1.15. The number of aromatic nitrogens is 2. The smallest absolute Gasteiger partial charge is 0.244 e. The van der Waals surface area contributed by atoms with Gasteiger partial charge in [0.1, 0.15) is 23.2 Å². The number of nitriles is 1. The Morgan fingerprint density at radius 1 is 1.22 bits per heavy atom. The molecule has 1 aliphatic heterocycles. The van der Waals surface area contributed by atoms with E-state index in [4.69, 9.17) is 14.9 Å². The summed E-state index contributed by atoms with van der Waals surface area (Å²) in [7, 11) is 0. The number of hydrogen-bond donors (Lipinski definition) is 2. The molecule has 0 spiro atoms. The van der Waals surface area contributed by atoms with Gasteiger partial charge >= 0.3 is 0 Å². The fraction of sp³-hybridized carbons (Fsp3) is 0.200. The summed E-state index contributed by atoms with van der Waals surface area (Å²) in [5.41, 5.74) is 9.20. The van der Waals surface area contributed by atoms with Crippen LogP contribution in [0.5, 0.6) is 5.88 Å².